The van der Waals surface area contributed by atoms with Crippen molar-refractivity contribution in [2.24, 2.45) is 0 Å². The van der Waals surface area contributed by atoms with E-state index in [0.29, 0.717) is 28.4 Å². The number of anilines is 2. The molecule has 1 atom stereocenters. The maximum Gasteiger partial charge on any atom is 0.198 e. The summed E-state index contributed by atoms with van der Waals surface area (Å²) in [5, 5.41) is 20.5. The van der Waals surface area contributed by atoms with E-state index in [-0.39, 0.29) is 6.73 Å². The minimum Gasteiger partial charge on any atom is -0.548 e. The molecule has 11 heteroatoms. The van der Waals surface area contributed by atoms with E-state index in [0.717, 1.165) is 23.6 Å². The number of piperazine rings is 1. The third-order valence-corrected chi connectivity index (χ3v) is 5.88. The highest BCUT2D eigenvalue weighted by atomic mass is 32.1. The lowest BCUT2D eigenvalue weighted by atomic mass is 10.1. The third-order valence-electron chi connectivity index (χ3n) is 5.31. The van der Waals surface area contributed by atoms with Crippen LogP contribution in [0.4, 0.5) is 11.4 Å². The van der Waals surface area contributed by atoms with Gasteiger partial charge in [-0.2, -0.15) is 0 Å². The Kier molecular flexibility index (Phi) is 6.58. The van der Waals surface area contributed by atoms with Crippen molar-refractivity contribution in [2.75, 3.05) is 43.6 Å². The second-order valence-corrected chi connectivity index (χ2v) is 8.27. The monoisotopic (exact) mass is 471 g/mol. The SMILES string of the molecule is CN1CCN(c2cccc(OCNc3cccc(-n4c(=S)[nH][nH]c4=S)c3)c2)C(C(=O)[O-])C1. The number of aromatic amines is 2. The molecule has 168 valence electrons. The molecular formula is C21H23N6O3S2-. The van der Waals surface area contributed by atoms with Crippen LogP contribution in [0.5, 0.6) is 5.75 Å². The standard InChI is InChI=1S/C21H24N6O3S2/c1-25-8-9-26(18(12-25)19(28)29)15-5-3-7-17(11-15)30-13-22-14-4-2-6-16(10-14)27-20(31)23-24-21(27)32/h2-7,10-11,18,22H,8-9,12-13H2,1H3,(H,23,31)(H,24,32)(H,28,29)/p-1. The third kappa shape index (κ3) is 4.85. The molecule has 0 amide bonds. The second-order valence-electron chi connectivity index (χ2n) is 7.50. The Hall–Kier alpha value is -3.15. The van der Waals surface area contributed by atoms with Gasteiger partial charge in [0.05, 0.1) is 17.7 Å². The Balaban J connectivity index is 1.42. The summed E-state index contributed by atoms with van der Waals surface area (Å²) >= 11 is 10.5. The van der Waals surface area contributed by atoms with Crippen LogP contribution in [0.25, 0.3) is 5.69 Å². The Morgan fingerprint density at radius 1 is 1.12 bits per heavy atom. The number of carbonyl (C=O) groups excluding carboxylic acids is 1. The van der Waals surface area contributed by atoms with Crippen molar-refractivity contribution in [3.8, 4) is 11.4 Å². The molecule has 0 aliphatic carbocycles. The molecule has 0 radical (unpaired) electrons. The van der Waals surface area contributed by atoms with Gasteiger partial charge < -0.3 is 29.8 Å². The first-order valence-corrected chi connectivity index (χ1v) is 10.9. The maximum absolute atomic E-state index is 11.6. The van der Waals surface area contributed by atoms with Crippen LogP contribution in [0.15, 0.2) is 48.5 Å². The fraction of sp³-hybridized carbons (Fsp3) is 0.286. The van der Waals surface area contributed by atoms with E-state index in [1.165, 1.54) is 0 Å². The Morgan fingerprint density at radius 2 is 1.84 bits per heavy atom. The number of carboxylic acid groups (broad SMARTS) is 1. The number of aromatic nitrogens is 3. The number of aliphatic carboxylic acids is 1. The number of ether oxygens (including phenoxy) is 1. The molecule has 1 unspecified atom stereocenters. The normalized spacial score (nSPS) is 16.7. The number of carboxylic acids is 1. The van der Waals surface area contributed by atoms with Crippen LogP contribution in [-0.2, 0) is 4.79 Å². The van der Waals surface area contributed by atoms with Gasteiger partial charge in [-0.3, -0.25) is 14.8 Å². The zero-order chi connectivity index (χ0) is 22.7. The van der Waals surface area contributed by atoms with Crippen LogP contribution >= 0.6 is 24.4 Å². The average Bonchev–Trinajstić information content (AvgIpc) is 3.12. The van der Waals surface area contributed by atoms with E-state index in [1.807, 2.05) is 65.4 Å². The van der Waals surface area contributed by atoms with E-state index in [4.69, 9.17) is 29.2 Å². The predicted molar refractivity (Wildman–Crippen MR) is 125 cm³/mol. The van der Waals surface area contributed by atoms with Gasteiger partial charge in [0.1, 0.15) is 5.75 Å². The molecule has 2 heterocycles. The molecule has 1 aromatic heterocycles. The Morgan fingerprint density at radius 3 is 2.59 bits per heavy atom. The number of hydrogen-bond donors (Lipinski definition) is 3. The zero-order valence-electron chi connectivity index (χ0n) is 17.4. The molecule has 1 aliphatic rings. The summed E-state index contributed by atoms with van der Waals surface area (Å²) in [4.78, 5) is 15.5. The van der Waals surface area contributed by atoms with Crippen LogP contribution in [0, 0.1) is 9.54 Å². The van der Waals surface area contributed by atoms with E-state index in [9.17, 15) is 9.90 Å². The quantitative estimate of drug-likeness (QED) is 0.355. The molecular weight excluding hydrogens is 448 g/mol. The number of rotatable bonds is 7. The number of nitrogens with zero attached hydrogens (tertiary/aromatic N) is 3. The first-order valence-electron chi connectivity index (χ1n) is 10.1. The minimum absolute atomic E-state index is 0.227. The van der Waals surface area contributed by atoms with E-state index >= 15 is 0 Å². The number of likely N-dealkylation sites (N-methyl/N-ethyl adjacent to an activating group) is 1. The van der Waals surface area contributed by atoms with E-state index < -0.39 is 12.0 Å². The van der Waals surface area contributed by atoms with Gasteiger partial charge in [0.25, 0.3) is 0 Å². The summed E-state index contributed by atoms with van der Waals surface area (Å²) in [6.45, 7) is 2.03. The maximum atomic E-state index is 11.6. The van der Waals surface area contributed by atoms with Gasteiger partial charge in [-0.05, 0) is 61.8 Å². The fourth-order valence-electron chi connectivity index (χ4n) is 3.69. The van der Waals surface area contributed by atoms with Crippen molar-refractivity contribution in [3.63, 3.8) is 0 Å². The largest absolute Gasteiger partial charge is 0.548 e. The lowest BCUT2D eigenvalue weighted by Gasteiger charge is -2.42. The van der Waals surface area contributed by atoms with Crippen LogP contribution < -0.4 is 20.1 Å². The molecule has 32 heavy (non-hydrogen) atoms. The molecule has 0 spiro atoms. The summed E-state index contributed by atoms with van der Waals surface area (Å²) in [7, 11) is 1.91. The number of H-pyrrole nitrogens is 2. The predicted octanol–water partition coefficient (Wildman–Crippen LogP) is 1.91. The van der Waals surface area contributed by atoms with Crippen molar-refractivity contribution >= 4 is 41.8 Å². The zero-order valence-corrected chi connectivity index (χ0v) is 19.0. The number of nitrogens with one attached hydrogen (secondary N) is 3. The van der Waals surface area contributed by atoms with Crippen LogP contribution in [-0.4, -0.2) is 65.1 Å². The van der Waals surface area contributed by atoms with Gasteiger partial charge in [-0.15, -0.1) is 0 Å². The molecule has 9 nitrogen and oxygen atoms in total. The summed E-state index contributed by atoms with van der Waals surface area (Å²) in [5.74, 6) is -0.440. The second kappa shape index (κ2) is 9.55. The van der Waals surface area contributed by atoms with Crippen LogP contribution in [0.2, 0.25) is 0 Å². The molecule has 1 saturated heterocycles. The topological polar surface area (TPSA) is 104 Å². The summed E-state index contributed by atoms with van der Waals surface area (Å²) in [6.07, 6.45) is 0. The molecule has 1 fully saturated rings. The number of benzene rings is 2. The average molecular weight is 472 g/mol. The van der Waals surface area contributed by atoms with E-state index in [1.54, 1.807) is 4.57 Å². The Labute approximate surface area is 195 Å². The molecule has 3 N–H and O–H groups in total. The van der Waals surface area contributed by atoms with Crippen LogP contribution in [0.3, 0.4) is 0 Å². The smallest absolute Gasteiger partial charge is 0.198 e. The van der Waals surface area contributed by atoms with Gasteiger partial charge in [0, 0.05) is 37.1 Å². The molecule has 0 bridgehead atoms. The van der Waals surface area contributed by atoms with Crippen molar-refractivity contribution in [2.45, 2.75) is 6.04 Å². The highest BCUT2D eigenvalue weighted by Crippen LogP contribution is 2.25. The summed E-state index contributed by atoms with van der Waals surface area (Å²) in [6, 6.07) is 14.4. The summed E-state index contributed by atoms with van der Waals surface area (Å²) < 4.78 is 8.56. The van der Waals surface area contributed by atoms with Crippen molar-refractivity contribution < 1.29 is 14.6 Å². The Bertz CT molecular complexity index is 1190. The van der Waals surface area contributed by atoms with Gasteiger partial charge in [0.2, 0.25) is 0 Å². The number of hydrogen-bond acceptors (Lipinski definition) is 8. The highest BCUT2D eigenvalue weighted by molar-refractivity contribution is 7.72. The molecule has 0 saturated carbocycles. The molecule has 3 aromatic rings. The number of carbonyl (C=O) groups is 1. The molecule has 1 aliphatic heterocycles. The molecule has 4 rings (SSSR count). The van der Waals surface area contributed by atoms with Crippen molar-refractivity contribution in [1.82, 2.24) is 19.7 Å². The first-order chi connectivity index (χ1) is 15.4. The van der Waals surface area contributed by atoms with Crippen LogP contribution in [0.1, 0.15) is 0 Å². The highest BCUT2D eigenvalue weighted by Gasteiger charge is 2.26. The summed E-state index contributed by atoms with van der Waals surface area (Å²) in [5.41, 5.74) is 2.46. The lowest BCUT2D eigenvalue weighted by molar-refractivity contribution is -0.308. The van der Waals surface area contributed by atoms with Crippen molar-refractivity contribution in [3.05, 3.63) is 58.1 Å². The fourth-order valence-corrected chi connectivity index (χ4v) is 4.24. The van der Waals surface area contributed by atoms with Gasteiger partial charge in [-0.25, -0.2) is 0 Å². The van der Waals surface area contributed by atoms with Gasteiger partial charge in [-0.1, -0.05) is 12.1 Å². The van der Waals surface area contributed by atoms with Gasteiger partial charge in [0.15, 0.2) is 16.3 Å². The van der Waals surface area contributed by atoms with E-state index in [2.05, 4.69) is 15.5 Å². The minimum atomic E-state index is -1.08. The lowest BCUT2D eigenvalue weighted by Crippen LogP contribution is -2.59. The van der Waals surface area contributed by atoms with Crippen molar-refractivity contribution in [1.29, 1.82) is 0 Å². The van der Waals surface area contributed by atoms with Gasteiger partial charge >= 0.3 is 0 Å². The first kappa shape index (κ1) is 22.1. The molecule has 2 aromatic carbocycles.